The summed E-state index contributed by atoms with van der Waals surface area (Å²) < 4.78 is 22.7. The van der Waals surface area contributed by atoms with Crippen LogP contribution in [0.4, 0.5) is 0 Å². The molecule has 3 aromatic carbocycles. The lowest BCUT2D eigenvalue weighted by molar-refractivity contribution is -0.148. The molecule has 1 heterocycles. The summed E-state index contributed by atoms with van der Waals surface area (Å²) in [4.78, 5) is 50.9. The number of carbonyl (C=O) groups excluding carboxylic acids is 4. The van der Waals surface area contributed by atoms with E-state index in [1.54, 1.807) is 72.8 Å². The van der Waals surface area contributed by atoms with E-state index in [2.05, 4.69) is 0 Å². The lowest BCUT2D eigenvalue weighted by Gasteiger charge is -2.25. The molecule has 40 heavy (non-hydrogen) atoms. The average molecular weight is 563 g/mol. The van der Waals surface area contributed by atoms with Gasteiger partial charge in [0.2, 0.25) is 0 Å². The van der Waals surface area contributed by atoms with E-state index in [1.165, 1.54) is 6.92 Å². The number of esters is 4. The Balaban J connectivity index is 1.59. The highest BCUT2D eigenvalue weighted by atomic mass is 32.2. The number of hydrogen-bond acceptors (Lipinski definition) is 9. The summed E-state index contributed by atoms with van der Waals surface area (Å²) in [5, 5.41) is -0.691. The Morgan fingerprint density at radius 3 is 1.43 bits per heavy atom. The van der Waals surface area contributed by atoms with Gasteiger partial charge < -0.3 is 18.9 Å². The van der Waals surface area contributed by atoms with E-state index in [4.69, 9.17) is 18.9 Å². The van der Waals surface area contributed by atoms with Crippen LogP contribution in [-0.2, 0) is 23.7 Å². The van der Waals surface area contributed by atoms with Crippen LogP contribution in [-0.4, -0.2) is 53.4 Å². The first-order valence-corrected chi connectivity index (χ1v) is 13.7. The Bertz CT molecular complexity index is 1370. The zero-order chi connectivity index (χ0) is 28.8. The van der Waals surface area contributed by atoms with Crippen molar-refractivity contribution in [2.45, 2.75) is 50.6 Å². The van der Waals surface area contributed by atoms with E-state index in [0.717, 1.165) is 28.5 Å². The van der Waals surface area contributed by atoms with Crippen LogP contribution in [0.25, 0.3) is 0 Å². The minimum Gasteiger partial charge on any atom is -0.461 e. The molecule has 1 unspecified atom stereocenters. The van der Waals surface area contributed by atoms with Gasteiger partial charge in [-0.2, -0.15) is 0 Å². The molecule has 9 heteroatoms. The van der Waals surface area contributed by atoms with Crippen LogP contribution < -0.4 is 0 Å². The summed E-state index contributed by atoms with van der Waals surface area (Å²) in [6.45, 7) is 6.75. The highest BCUT2D eigenvalue weighted by molar-refractivity contribution is 8.00. The second-order valence-corrected chi connectivity index (χ2v) is 10.9. The van der Waals surface area contributed by atoms with Gasteiger partial charge in [-0.3, -0.25) is 4.79 Å². The number of aryl methyl sites for hydroxylation is 3. The van der Waals surface area contributed by atoms with E-state index >= 15 is 0 Å². The summed E-state index contributed by atoms with van der Waals surface area (Å²) in [5.41, 5.74) is 2.88. The number of hydrogen-bond donors (Lipinski definition) is 0. The predicted molar refractivity (Wildman–Crippen MR) is 149 cm³/mol. The Morgan fingerprint density at radius 1 is 0.600 bits per heavy atom. The zero-order valence-electron chi connectivity index (χ0n) is 22.6. The molecule has 0 aliphatic carbocycles. The molecule has 0 radical (unpaired) electrons. The van der Waals surface area contributed by atoms with Crippen LogP contribution in [0.5, 0.6) is 0 Å². The maximum absolute atomic E-state index is 13.1. The zero-order valence-corrected chi connectivity index (χ0v) is 23.4. The molecule has 1 saturated heterocycles. The van der Waals surface area contributed by atoms with Gasteiger partial charge in [-0.15, -0.1) is 11.8 Å². The van der Waals surface area contributed by atoms with Crippen LogP contribution in [0, 0.1) is 20.8 Å². The third kappa shape index (κ3) is 7.30. The van der Waals surface area contributed by atoms with Gasteiger partial charge in [-0.25, -0.2) is 14.4 Å². The fraction of sp³-hybridized carbons (Fsp3) is 0.290. The van der Waals surface area contributed by atoms with Crippen molar-refractivity contribution in [2.75, 3.05) is 6.61 Å². The molecule has 1 fully saturated rings. The molecule has 208 valence electrons. The quantitative estimate of drug-likeness (QED) is 0.270. The SMILES string of the molecule is CC(=O)OC1S[C@H](COC(=O)c2ccc(C)cc2)[C@H](OC(=O)c2ccc(C)cc2)[C@@H]1OC(=O)c1ccc(C)cc1. The van der Waals surface area contributed by atoms with Crippen molar-refractivity contribution in [2.24, 2.45) is 0 Å². The van der Waals surface area contributed by atoms with Crippen molar-refractivity contribution in [1.29, 1.82) is 0 Å². The van der Waals surface area contributed by atoms with Gasteiger partial charge in [-0.1, -0.05) is 53.1 Å². The normalized spacial score (nSPS) is 19.9. The molecule has 1 aliphatic rings. The van der Waals surface area contributed by atoms with Crippen molar-refractivity contribution < 1.29 is 38.1 Å². The van der Waals surface area contributed by atoms with Gasteiger partial charge in [0.1, 0.15) is 6.61 Å². The first-order valence-electron chi connectivity index (χ1n) is 12.7. The second-order valence-electron chi connectivity index (χ2n) is 9.59. The number of ether oxygens (including phenoxy) is 4. The van der Waals surface area contributed by atoms with E-state index in [1.807, 2.05) is 20.8 Å². The van der Waals surface area contributed by atoms with E-state index in [9.17, 15) is 19.2 Å². The van der Waals surface area contributed by atoms with E-state index < -0.39 is 46.8 Å². The number of benzene rings is 3. The summed E-state index contributed by atoms with van der Waals surface area (Å²) in [6.07, 6.45) is -2.23. The van der Waals surface area contributed by atoms with E-state index in [0.29, 0.717) is 11.1 Å². The number of carbonyl (C=O) groups is 4. The average Bonchev–Trinajstić information content (AvgIpc) is 3.22. The van der Waals surface area contributed by atoms with Gasteiger partial charge in [-0.05, 0) is 57.2 Å². The van der Waals surface area contributed by atoms with Gasteiger partial charge in [0, 0.05) is 6.92 Å². The maximum atomic E-state index is 13.1. The van der Waals surface area contributed by atoms with Crippen molar-refractivity contribution in [3.63, 3.8) is 0 Å². The first kappa shape index (κ1) is 28.9. The van der Waals surface area contributed by atoms with Gasteiger partial charge in [0.25, 0.3) is 0 Å². The number of rotatable bonds is 8. The van der Waals surface area contributed by atoms with Crippen LogP contribution in [0.3, 0.4) is 0 Å². The van der Waals surface area contributed by atoms with Crippen molar-refractivity contribution in [3.8, 4) is 0 Å². The smallest absolute Gasteiger partial charge is 0.338 e. The van der Waals surface area contributed by atoms with Crippen molar-refractivity contribution in [3.05, 3.63) is 106 Å². The van der Waals surface area contributed by atoms with E-state index in [-0.39, 0.29) is 12.2 Å². The Hall–Kier alpha value is -4.11. The standard InChI is InChI=1S/C31H30O8S/c1-18-5-11-22(12-6-18)28(33)36-17-25-26(38-29(34)23-13-7-19(2)8-14-23)27(31(40-25)37-21(4)32)39-30(35)24-15-9-20(3)10-16-24/h5-16,25-27,31H,17H2,1-4H3/t25-,26+,27+,31?/m1/s1. The topological polar surface area (TPSA) is 105 Å². The highest BCUT2D eigenvalue weighted by Gasteiger charge is 2.51. The predicted octanol–water partition coefficient (Wildman–Crippen LogP) is 5.22. The fourth-order valence-corrected chi connectivity index (χ4v) is 5.46. The lowest BCUT2D eigenvalue weighted by Crippen LogP contribution is -2.42. The fourth-order valence-electron chi connectivity index (χ4n) is 4.05. The molecular weight excluding hydrogens is 532 g/mol. The molecule has 1 aliphatic heterocycles. The first-order chi connectivity index (χ1) is 19.1. The molecular formula is C31H30O8S. The Labute approximate surface area is 237 Å². The van der Waals surface area contributed by atoms with Crippen LogP contribution in [0.2, 0.25) is 0 Å². The Morgan fingerprint density at radius 2 is 1.00 bits per heavy atom. The van der Waals surface area contributed by atoms with Crippen LogP contribution >= 0.6 is 11.8 Å². The summed E-state index contributed by atoms with van der Waals surface area (Å²) in [6, 6.07) is 20.5. The van der Waals surface area contributed by atoms with Gasteiger partial charge >= 0.3 is 23.9 Å². The largest absolute Gasteiger partial charge is 0.461 e. The Kier molecular flexibility index (Phi) is 9.26. The van der Waals surface area contributed by atoms with Crippen LogP contribution in [0.15, 0.2) is 72.8 Å². The summed E-state index contributed by atoms with van der Waals surface area (Å²) >= 11 is 1.10. The molecule has 4 atom stereocenters. The molecule has 0 spiro atoms. The third-order valence-electron chi connectivity index (χ3n) is 6.28. The molecule has 0 saturated carbocycles. The van der Waals surface area contributed by atoms with Gasteiger partial charge in [0.15, 0.2) is 17.6 Å². The minimum absolute atomic E-state index is 0.181. The molecule has 0 N–H and O–H groups in total. The molecule has 0 amide bonds. The monoisotopic (exact) mass is 562 g/mol. The van der Waals surface area contributed by atoms with Gasteiger partial charge in [0.05, 0.1) is 21.9 Å². The van der Waals surface area contributed by atoms with Crippen molar-refractivity contribution in [1.82, 2.24) is 0 Å². The second kappa shape index (κ2) is 12.8. The molecule has 8 nitrogen and oxygen atoms in total. The number of thioether (sulfide) groups is 1. The molecule has 0 bridgehead atoms. The lowest BCUT2D eigenvalue weighted by atomic mass is 10.1. The van der Waals surface area contributed by atoms with Crippen LogP contribution in [0.1, 0.15) is 54.7 Å². The van der Waals surface area contributed by atoms with Crippen molar-refractivity contribution >= 4 is 35.6 Å². The minimum atomic E-state index is -1.15. The summed E-state index contributed by atoms with van der Waals surface area (Å²) in [7, 11) is 0. The maximum Gasteiger partial charge on any atom is 0.338 e. The molecule has 0 aromatic heterocycles. The summed E-state index contributed by atoms with van der Waals surface area (Å²) in [5.74, 6) is -2.49. The third-order valence-corrected chi connectivity index (χ3v) is 7.66. The molecule has 4 rings (SSSR count). The highest BCUT2D eigenvalue weighted by Crippen LogP contribution is 2.40. The molecule has 3 aromatic rings.